The predicted molar refractivity (Wildman–Crippen MR) is 229 cm³/mol. The molecule has 6 unspecified atom stereocenters. The van der Waals surface area contributed by atoms with E-state index in [1.54, 1.807) is 0 Å². The number of carbonyl (C=O) groups is 3. The molecule has 0 aromatic carbocycles. The minimum absolute atomic E-state index is 0.115. The molecule has 0 bridgehead atoms. The van der Waals surface area contributed by atoms with Gasteiger partial charge in [0.25, 0.3) is 0 Å². The van der Waals surface area contributed by atoms with Gasteiger partial charge in [0.1, 0.15) is 24.9 Å². The molecule has 11 nitrogen and oxygen atoms in total. The van der Waals surface area contributed by atoms with Gasteiger partial charge in [-0.1, -0.05) is 178 Å². The summed E-state index contributed by atoms with van der Waals surface area (Å²) in [7, 11) is 0. The Morgan fingerprint density at radius 1 is 0.552 bits per heavy atom. The second-order valence-electron chi connectivity index (χ2n) is 15.5. The summed E-state index contributed by atoms with van der Waals surface area (Å²) in [6.07, 6.45) is 34.7. The first-order chi connectivity index (χ1) is 28.2. The van der Waals surface area contributed by atoms with Crippen LogP contribution in [0.4, 0.5) is 0 Å². The Labute approximate surface area is 350 Å². The van der Waals surface area contributed by atoms with E-state index in [2.05, 4.69) is 50.3 Å². The van der Waals surface area contributed by atoms with Gasteiger partial charge >= 0.3 is 17.9 Å². The lowest BCUT2D eigenvalue weighted by Crippen LogP contribution is -2.60. The van der Waals surface area contributed by atoms with Crippen molar-refractivity contribution in [3.05, 3.63) is 48.6 Å². The van der Waals surface area contributed by atoms with Gasteiger partial charge < -0.3 is 39.4 Å². The Balaban J connectivity index is 2.38. The van der Waals surface area contributed by atoms with Crippen molar-refractivity contribution in [2.24, 2.45) is 0 Å². The number of unbranched alkanes of at least 4 members (excludes halogenated alkanes) is 18. The lowest BCUT2D eigenvalue weighted by Gasteiger charge is -2.38. The number of carboxylic acid groups (broad SMARTS) is 1. The number of aliphatic carboxylic acids is 1. The highest BCUT2D eigenvalue weighted by Gasteiger charge is 2.47. The SMILES string of the molecule is CC/C=C\C/C=C\C/C=C\C/C=C\CCC(=O)OCC(COC1OC(C(=O)O)C(O)C(O)C1O)OC(=O)CCCCCCCCCCCCCCCCCCCCC. The highest BCUT2D eigenvalue weighted by atomic mass is 16.7. The number of hydrogen-bond acceptors (Lipinski definition) is 10. The molecule has 1 aliphatic rings. The van der Waals surface area contributed by atoms with Gasteiger partial charge in [-0.2, -0.15) is 0 Å². The number of allylic oxidation sites excluding steroid dienone is 8. The normalized spacial score (nSPS) is 20.5. The first-order valence-corrected chi connectivity index (χ1v) is 22.7. The number of aliphatic hydroxyl groups is 3. The first-order valence-electron chi connectivity index (χ1n) is 22.7. The number of rotatable bonds is 37. The second kappa shape index (κ2) is 37.2. The van der Waals surface area contributed by atoms with Crippen LogP contribution < -0.4 is 0 Å². The van der Waals surface area contributed by atoms with Gasteiger partial charge in [-0.15, -0.1) is 0 Å². The van der Waals surface area contributed by atoms with Crippen molar-refractivity contribution in [3.8, 4) is 0 Å². The minimum atomic E-state index is -1.87. The second-order valence-corrected chi connectivity index (χ2v) is 15.5. The Morgan fingerprint density at radius 3 is 1.50 bits per heavy atom. The van der Waals surface area contributed by atoms with Gasteiger partial charge in [0.05, 0.1) is 6.61 Å². The van der Waals surface area contributed by atoms with Crippen LogP contribution in [0.15, 0.2) is 48.6 Å². The number of carbonyl (C=O) groups excluding carboxylic acids is 2. The molecule has 334 valence electrons. The fourth-order valence-electron chi connectivity index (χ4n) is 6.66. The zero-order chi connectivity index (χ0) is 42.5. The topological polar surface area (TPSA) is 169 Å². The number of esters is 2. The third kappa shape index (κ3) is 28.6. The lowest BCUT2D eigenvalue weighted by atomic mass is 9.99. The average molecular weight is 821 g/mol. The van der Waals surface area contributed by atoms with E-state index >= 15 is 0 Å². The van der Waals surface area contributed by atoms with Crippen molar-refractivity contribution < 1.29 is 53.8 Å². The van der Waals surface area contributed by atoms with Crippen LogP contribution in [0.5, 0.6) is 0 Å². The Hall–Kier alpha value is -2.83. The zero-order valence-electron chi connectivity index (χ0n) is 36.0. The fourth-order valence-corrected chi connectivity index (χ4v) is 6.66. The molecule has 1 rings (SSSR count). The standard InChI is InChI=1S/C47H80O11/c1-3-5-7-9-11-13-15-17-18-19-20-21-22-24-26-28-30-32-34-36-41(49)57-39(38-56-47-44(52)42(50)43(51)45(58-47)46(53)54)37-55-40(48)35-33-31-29-27-25-23-16-14-12-10-8-6-4-2/h6,8,12,14,23,25,29,31,39,42-45,47,50-52H,3-5,7,9-11,13,15-22,24,26-28,30,32-38H2,1-2H3,(H,53,54)/b8-6-,14-12-,25-23-,31-29-. The van der Waals surface area contributed by atoms with Crippen LogP contribution in [-0.2, 0) is 33.3 Å². The van der Waals surface area contributed by atoms with E-state index in [1.807, 2.05) is 12.2 Å². The molecular formula is C47H80O11. The predicted octanol–water partition coefficient (Wildman–Crippen LogP) is 9.76. The third-order valence-corrected chi connectivity index (χ3v) is 10.2. The first kappa shape index (κ1) is 53.2. The summed E-state index contributed by atoms with van der Waals surface area (Å²) in [5.41, 5.74) is 0. The van der Waals surface area contributed by atoms with Crippen LogP contribution >= 0.6 is 0 Å². The van der Waals surface area contributed by atoms with Gasteiger partial charge in [0.2, 0.25) is 0 Å². The summed E-state index contributed by atoms with van der Waals surface area (Å²) in [6.45, 7) is 3.64. The van der Waals surface area contributed by atoms with Crippen molar-refractivity contribution in [1.29, 1.82) is 0 Å². The van der Waals surface area contributed by atoms with Gasteiger partial charge in [-0.05, 0) is 38.5 Å². The van der Waals surface area contributed by atoms with Crippen molar-refractivity contribution in [3.63, 3.8) is 0 Å². The number of hydrogen-bond donors (Lipinski definition) is 4. The van der Waals surface area contributed by atoms with Gasteiger partial charge in [0, 0.05) is 12.8 Å². The van der Waals surface area contributed by atoms with Crippen LogP contribution in [0.25, 0.3) is 0 Å². The third-order valence-electron chi connectivity index (χ3n) is 10.2. The summed E-state index contributed by atoms with van der Waals surface area (Å²) in [5, 5.41) is 39.8. The van der Waals surface area contributed by atoms with E-state index in [0.717, 1.165) is 44.9 Å². The van der Waals surface area contributed by atoms with Crippen molar-refractivity contribution in [1.82, 2.24) is 0 Å². The molecule has 1 saturated heterocycles. The molecule has 0 spiro atoms. The van der Waals surface area contributed by atoms with Crippen LogP contribution in [0.2, 0.25) is 0 Å². The minimum Gasteiger partial charge on any atom is -0.479 e. The summed E-state index contributed by atoms with van der Waals surface area (Å²) in [4.78, 5) is 36.8. The van der Waals surface area contributed by atoms with Gasteiger partial charge in [0.15, 0.2) is 18.5 Å². The van der Waals surface area contributed by atoms with Crippen LogP contribution in [0.1, 0.15) is 181 Å². The van der Waals surface area contributed by atoms with E-state index in [0.29, 0.717) is 12.8 Å². The molecule has 11 heteroatoms. The molecule has 0 aliphatic carbocycles. The molecule has 0 amide bonds. The molecule has 0 saturated carbocycles. The molecule has 58 heavy (non-hydrogen) atoms. The van der Waals surface area contributed by atoms with Crippen molar-refractivity contribution in [2.75, 3.05) is 13.2 Å². The number of aliphatic hydroxyl groups excluding tert-OH is 3. The number of ether oxygens (including phenoxy) is 4. The van der Waals surface area contributed by atoms with E-state index < -0.39 is 61.3 Å². The molecule has 1 aliphatic heterocycles. The van der Waals surface area contributed by atoms with E-state index in [4.69, 9.17) is 18.9 Å². The fraction of sp³-hybridized carbons (Fsp3) is 0.766. The van der Waals surface area contributed by atoms with E-state index in [9.17, 15) is 34.8 Å². The summed E-state index contributed by atoms with van der Waals surface area (Å²) in [6, 6.07) is 0. The molecule has 1 heterocycles. The maximum Gasteiger partial charge on any atom is 0.335 e. The van der Waals surface area contributed by atoms with Gasteiger partial charge in [-0.3, -0.25) is 9.59 Å². The van der Waals surface area contributed by atoms with Crippen LogP contribution in [0.3, 0.4) is 0 Å². The Morgan fingerprint density at radius 2 is 1.02 bits per heavy atom. The molecule has 4 N–H and O–H groups in total. The van der Waals surface area contributed by atoms with Crippen LogP contribution in [-0.4, -0.2) is 88.4 Å². The molecular weight excluding hydrogens is 741 g/mol. The lowest BCUT2D eigenvalue weighted by molar-refractivity contribution is -0.298. The molecule has 1 fully saturated rings. The molecule has 0 radical (unpaired) electrons. The quantitative estimate of drug-likeness (QED) is 0.0267. The summed E-state index contributed by atoms with van der Waals surface area (Å²) < 4.78 is 21.6. The molecule has 0 aromatic rings. The van der Waals surface area contributed by atoms with Crippen molar-refractivity contribution in [2.45, 2.75) is 218 Å². The molecule has 6 atom stereocenters. The monoisotopic (exact) mass is 821 g/mol. The van der Waals surface area contributed by atoms with Gasteiger partial charge in [-0.25, -0.2) is 4.79 Å². The average Bonchev–Trinajstić information content (AvgIpc) is 3.21. The zero-order valence-corrected chi connectivity index (χ0v) is 36.0. The molecule has 0 aromatic heterocycles. The highest BCUT2D eigenvalue weighted by Crippen LogP contribution is 2.23. The largest absolute Gasteiger partial charge is 0.479 e. The smallest absolute Gasteiger partial charge is 0.335 e. The maximum atomic E-state index is 12.8. The Kier molecular flexibility index (Phi) is 34.1. The number of carboxylic acids is 1. The van der Waals surface area contributed by atoms with E-state index in [1.165, 1.54) is 96.3 Å². The van der Waals surface area contributed by atoms with E-state index in [-0.39, 0.29) is 19.4 Å². The van der Waals surface area contributed by atoms with Crippen LogP contribution in [0, 0.1) is 0 Å². The Bertz CT molecular complexity index is 1150. The summed E-state index contributed by atoms with van der Waals surface area (Å²) in [5.74, 6) is -2.54. The maximum absolute atomic E-state index is 12.8. The summed E-state index contributed by atoms with van der Waals surface area (Å²) >= 11 is 0. The highest BCUT2D eigenvalue weighted by molar-refractivity contribution is 5.73. The van der Waals surface area contributed by atoms with Crippen molar-refractivity contribution >= 4 is 17.9 Å².